The molecule has 172 valence electrons. The van der Waals surface area contributed by atoms with Gasteiger partial charge in [-0.25, -0.2) is 0 Å². The number of benzene rings is 3. The first-order valence-electron chi connectivity index (χ1n) is 11.3. The molecule has 2 atom stereocenters. The highest BCUT2D eigenvalue weighted by Crippen LogP contribution is 2.47. The fourth-order valence-corrected chi connectivity index (χ4v) is 5.14. The number of Topliss-reactive ketones (excluding diaryl/α,β-unsaturated/α-hetero) is 1. The highest BCUT2D eigenvalue weighted by Gasteiger charge is 2.40. The lowest BCUT2D eigenvalue weighted by atomic mass is 9.78. The van der Waals surface area contributed by atoms with Crippen LogP contribution in [0.15, 0.2) is 84.1 Å². The molecule has 6 heteroatoms. The fourth-order valence-electron chi connectivity index (χ4n) is 5.01. The number of anilines is 2. The normalized spacial score (nSPS) is 19.6. The minimum atomic E-state index is -0.534. The number of rotatable bonds is 3. The number of carbonyl (C=O) groups is 2. The maximum atomic E-state index is 13.8. The van der Waals surface area contributed by atoms with Crippen molar-refractivity contribution in [1.82, 2.24) is 0 Å². The van der Waals surface area contributed by atoms with E-state index >= 15 is 0 Å². The van der Waals surface area contributed by atoms with Gasteiger partial charge in [0.15, 0.2) is 5.78 Å². The Kier molecular flexibility index (Phi) is 5.88. The average molecular weight is 473 g/mol. The molecule has 1 N–H and O–H groups in total. The standard InChI is InChI=1S/C28H25ClN2O3/c1-17(32)31-25-6-4-3-5-23(25)30-24-15-20(18-7-11-21(29)12-8-18)16-26(33)27(24)28(31)19-9-13-22(34-2)14-10-19/h3-14,20,28,30H,15-16H2,1-2H3/t20-,28+/m0/s1. The molecule has 0 aromatic heterocycles. The van der Waals surface area contributed by atoms with Crippen molar-refractivity contribution in [3.8, 4) is 5.75 Å². The number of methoxy groups -OCH3 is 1. The summed E-state index contributed by atoms with van der Waals surface area (Å²) < 4.78 is 5.33. The Hall–Kier alpha value is -3.57. The van der Waals surface area contributed by atoms with Crippen molar-refractivity contribution in [3.63, 3.8) is 0 Å². The molecule has 0 spiro atoms. The molecule has 5 nitrogen and oxygen atoms in total. The second-order valence-corrected chi connectivity index (χ2v) is 9.12. The van der Waals surface area contributed by atoms with Crippen LogP contribution in [0.25, 0.3) is 0 Å². The van der Waals surface area contributed by atoms with E-state index in [4.69, 9.17) is 16.3 Å². The molecule has 0 saturated heterocycles. The van der Waals surface area contributed by atoms with Gasteiger partial charge in [0.05, 0.1) is 24.5 Å². The number of ether oxygens (including phenoxy) is 1. The third-order valence-electron chi connectivity index (χ3n) is 6.60. The monoisotopic (exact) mass is 472 g/mol. The smallest absolute Gasteiger partial charge is 0.224 e. The summed E-state index contributed by atoms with van der Waals surface area (Å²) in [5, 5.41) is 4.19. The molecule has 3 aromatic rings. The molecule has 0 fully saturated rings. The van der Waals surface area contributed by atoms with Crippen molar-refractivity contribution in [3.05, 3.63) is 100 Å². The zero-order valence-electron chi connectivity index (χ0n) is 19.0. The number of nitrogens with zero attached hydrogens (tertiary/aromatic N) is 1. The molecule has 0 radical (unpaired) electrons. The van der Waals surface area contributed by atoms with E-state index in [1.807, 2.05) is 72.8 Å². The quantitative estimate of drug-likeness (QED) is 0.488. The van der Waals surface area contributed by atoms with Crippen molar-refractivity contribution >= 4 is 34.7 Å². The van der Waals surface area contributed by atoms with Gasteiger partial charge in [0, 0.05) is 29.6 Å². The number of allylic oxidation sites excluding steroid dienone is 1. The summed E-state index contributed by atoms with van der Waals surface area (Å²) in [6, 6.07) is 22.4. The first-order chi connectivity index (χ1) is 16.5. The van der Waals surface area contributed by atoms with Crippen LogP contribution in [0, 0.1) is 0 Å². The second-order valence-electron chi connectivity index (χ2n) is 8.68. The number of para-hydroxylation sites is 2. The van der Waals surface area contributed by atoms with Crippen LogP contribution < -0.4 is 15.0 Å². The van der Waals surface area contributed by atoms with Crippen molar-refractivity contribution in [1.29, 1.82) is 0 Å². The SMILES string of the molecule is COc1ccc([C@@H]2C3=C(C[C@H](c4ccc(Cl)cc4)CC3=O)Nc3ccccc3N2C(C)=O)cc1. The Balaban J connectivity index is 1.68. The van der Waals surface area contributed by atoms with E-state index in [1.54, 1.807) is 18.9 Å². The van der Waals surface area contributed by atoms with Crippen LogP contribution in [0.4, 0.5) is 11.4 Å². The van der Waals surface area contributed by atoms with Crippen LogP contribution in [0.5, 0.6) is 5.75 Å². The summed E-state index contributed by atoms with van der Waals surface area (Å²) in [6.07, 6.45) is 1.03. The molecule has 1 amide bonds. The first-order valence-corrected chi connectivity index (χ1v) is 11.7. The molecule has 34 heavy (non-hydrogen) atoms. The van der Waals surface area contributed by atoms with Gasteiger partial charge in [0.25, 0.3) is 0 Å². The van der Waals surface area contributed by atoms with Gasteiger partial charge in [-0.2, -0.15) is 0 Å². The minimum Gasteiger partial charge on any atom is -0.497 e. The van der Waals surface area contributed by atoms with Gasteiger partial charge in [0.2, 0.25) is 5.91 Å². The number of halogens is 1. The number of carbonyl (C=O) groups excluding carboxylic acids is 2. The van der Waals surface area contributed by atoms with Gasteiger partial charge in [-0.1, -0.05) is 48.0 Å². The van der Waals surface area contributed by atoms with E-state index in [0.717, 1.165) is 33.9 Å². The summed E-state index contributed by atoms with van der Waals surface area (Å²) in [5.74, 6) is 0.658. The number of amides is 1. The van der Waals surface area contributed by atoms with Crippen LogP contribution in [0.2, 0.25) is 5.02 Å². The van der Waals surface area contributed by atoms with Crippen molar-refractivity contribution < 1.29 is 14.3 Å². The van der Waals surface area contributed by atoms with E-state index in [-0.39, 0.29) is 17.6 Å². The van der Waals surface area contributed by atoms with Gasteiger partial charge in [-0.3, -0.25) is 14.5 Å². The van der Waals surface area contributed by atoms with Crippen LogP contribution in [-0.2, 0) is 9.59 Å². The van der Waals surface area contributed by atoms with Crippen molar-refractivity contribution in [2.75, 3.05) is 17.3 Å². The number of nitrogens with one attached hydrogen (secondary N) is 1. The number of hydrogen-bond donors (Lipinski definition) is 1. The summed E-state index contributed by atoms with van der Waals surface area (Å²) in [6.45, 7) is 1.54. The molecule has 0 saturated carbocycles. The predicted molar refractivity (Wildman–Crippen MR) is 134 cm³/mol. The van der Waals surface area contributed by atoms with E-state index in [2.05, 4.69) is 5.32 Å². The summed E-state index contributed by atoms with van der Waals surface area (Å²) >= 11 is 6.09. The number of hydrogen-bond acceptors (Lipinski definition) is 4. The molecule has 0 bridgehead atoms. The molecule has 1 aliphatic heterocycles. The van der Waals surface area contributed by atoms with Crippen LogP contribution in [0.3, 0.4) is 0 Å². The topological polar surface area (TPSA) is 58.6 Å². The Morgan fingerprint density at radius 2 is 1.65 bits per heavy atom. The average Bonchev–Trinajstić information content (AvgIpc) is 2.99. The third kappa shape index (κ3) is 3.97. The van der Waals surface area contributed by atoms with Gasteiger partial charge < -0.3 is 10.1 Å². The zero-order chi connectivity index (χ0) is 23.8. The lowest BCUT2D eigenvalue weighted by Crippen LogP contribution is -2.37. The van der Waals surface area contributed by atoms with Gasteiger partial charge in [-0.05, 0) is 59.9 Å². The lowest BCUT2D eigenvalue weighted by Gasteiger charge is -2.34. The van der Waals surface area contributed by atoms with Gasteiger partial charge >= 0.3 is 0 Å². The molecule has 5 rings (SSSR count). The minimum absolute atomic E-state index is 0.0311. The van der Waals surface area contributed by atoms with E-state index in [1.165, 1.54) is 0 Å². The van der Waals surface area contributed by atoms with E-state index in [0.29, 0.717) is 23.4 Å². The van der Waals surface area contributed by atoms with Gasteiger partial charge in [-0.15, -0.1) is 0 Å². The maximum Gasteiger partial charge on any atom is 0.224 e. The Bertz CT molecular complexity index is 1280. The van der Waals surface area contributed by atoms with Gasteiger partial charge in [0.1, 0.15) is 5.75 Å². The maximum absolute atomic E-state index is 13.8. The Morgan fingerprint density at radius 3 is 2.32 bits per heavy atom. The predicted octanol–water partition coefficient (Wildman–Crippen LogP) is 6.27. The highest BCUT2D eigenvalue weighted by atomic mass is 35.5. The molecule has 1 heterocycles. The first kappa shape index (κ1) is 22.2. The lowest BCUT2D eigenvalue weighted by molar-refractivity contribution is -0.117. The molecular formula is C28H25ClN2O3. The zero-order valence-corrected chi connectivity index (χ0v) is 19.8. The van der Waals surface area contributed by atoms with Crippen LogP contribution in [-0.4, -0.2) is 18.8 Å². The van der Waals surface area contributed by atoms with Crippen LogP contribution in [0.1, 0.15) is 42.9 Å². The number of ketones is 1. The van der Waals surface area contributed by atoms with Crippen molar-refractivity contribution in [2.45, 2.75) is 31.7 Å². The molecular weight excluding hydrogens is 448 g/mol. The summed E-state index contributed by atoms with van der Waals surface area (Å²) in [5.41, 5.74) is 5.00. The van der Waals surface area contributed by atoms with Crippen molar-refractivity contribution in [2.24, 2.45) is 0 Å². The largest absolute Gasteiger partial charge is 0.497 e. The molecule has 1 aliphatic carbocycles. The molecule has 0 unspecified atom stereocenters. The Morgan fingerprint density at radius 1 is 0.971 bits per heavy atom. The van der Waals surface area contributed by atoms with E-state index in [9.17, 15) is 9.59 Å². The molecule has 2 aliphatic rings. The number of fused-ring (bicyclic) bond motifs is 1. The van der Waals surface area contributed by atoms with Crippen LogP contribution >= 0.6 is 11.6 Å². The summed E-state index contributed by atoms with van der Waals surface area (Å²) in [7, 11) is 1.62. The Labute approximate surface area is 204 Å². The second kappa shape index (κ2) is 8.99. The molecule has 3 aromatic carbocycles. The third-order valence-corrected chi connectivity index (χ3v) is 6.85. The highest BCUT2D eigenvalue weighted by molar-refractivity contribution is 6.30. The fraction of sp³-hybridized carbons (Fsp3) is 0.214. The summed E-state index contributed by atoms with van der Waals surface area (Å²) in [4.78, 5) is 28.5. The van der Waals surface area contributed by atoms with E-state index < -0.39 is 6.04 Å².